The Kier molecular flexibility index (Phi) is 5.42. The molecule has 0 spiro atoms. The van der Waals surface area contributed by atoms with Crippen LogP contribution < -0.4 is 10.2 Å². The van der Waals surface area contributed by atoms with Crippen LogP contribution in [0.4, 0.5) is 17.1 Å². The van der Waals surface area contributed by atoms with Crippen molar-refractivity contribution in [2.75, 3.05) is 29.9 Å². The Morgan fingerprint density at radius 2 is 1.67 bits per heavy atom. The number of piperidine rings is 1. The van der Waals surface area contributed by atoms with Crippen LogP contribution in [0.15, 0.2) is 54.7 Å². The summed E-state index contributed by atoms with van der Waals surface area (Å²) in [7, 11) is 0. The van der Waals surface area contributed by atoms with Crippen molar-refractivity contribution >= 4 is 28.0 Å². The molecule has 0 amide bonds. The molecule has 1 aliphatic carbocycles. The number of benzene rings is 2. The third kappa shape index (κ3) is 3.84. The van der Waals surface area contributed by atoms with E-state index in [1.165, 1.54) is 60.8 Å². The molecule has 2 fully saturated rings. The maximum atomic E-state index is 7.36. The molecule has 6 rings (SSSR count). The van der Waals surface area contributed by atoms with Gasteiger partial charge < -0.3 is 10.2 Å². The van der Waals surface area contributed by atoms with Gasteiger partial charge in [-0.3, -0.25) is 4.98 Å². The molecule has 1 N–H and O–H groups in total. The SMILES string of the molecule is [C-]#[N+]c1ccc2c(c1)C(C1CCC(C3CCN(c4cccc5ncccc45)CC3)CC1)CN2. The Bertz CT molecular complexity index is 1170. The lowest BCUT2D eigenvalue weighted by Gasteiger charge is -2.41. The van der Waals surface area contributed by atoms with E-state index in [-0.39, 0.29) is 0 Å². The summed E-state index contributed by atoms with van der Waals surface area (Å²) < 4.78 is 0. The highest BCUT2D eigenvalue weighted by atomic mass is 15.1. The van der Waals surface area contributed by atoms with Gasteiger partial charge in [-0.1, -0.05) is 18.2 Å². The third-order valence-corrected chi connectivity index (χ3v) is 8.63. The van der Waals surface area contributed by atoms with Crippen molar-refractivity contribution in [2.45, 2.75) is 44.4 Å². The molecule has 3 aliphatic rings. The van der Waals surface area contributed by atoms with E-state index < -0.39 is 0 Å². The zero-order chi connectivity index (χ0) is 22.2. The van der Waals surface area contributed by atoms with Crippen molar-refractivity contribution in [3.8, 4) is 0 Å². The van der Waals surface area contributed by atoms with Gasteiger partial charge in [0.2, 0.25) is 0 Å². The molecule has 2 aliphatic heterocycles. The lowest BCUT2D eigenvalue weighted by Crippen LogP contribution is -2.37. The van der Waals surface area contributed by atoms with E-state index in [2.05, 4.69) is 62.5 Å². The summed E-state index contributed by atoms with van der Waals surface area (Å²) in [5.41, 5.74) is 5.89. The Labute approximate surface area is 196 Å². The van der Waals surface area contributed by atoms with E-state index in [1.54, 1.807) is 0 Å². The molecular formula is C29H32N4. The summed E-state index contributed by atoms with van der Waals surface area (Å²) in [5, 5.41) is 4.88. The molecule has 1 atom stereocenters. The fourth-order valence-electron chi connectivity index (χ4n) is 6.83. The monoisotopic (exact) mass is 436 g/mol. The summed E-state index contributed by atoms with van der Waals surface area (Å²) >= 11 is 0. The minimum atomic E-state index is 0.587. The lowest BCUT2D eigenvalue weighted by atomic mass is 9.69. The summed E-state index contributed by atoms with van der Waals surface area (Å²) in [4.78, 5) is 10.8. The van der Waals surface area contributed by atoms with Crippen molar-refractivity contribution in [1.82, 2.24) is 4.98 Å². The maximum Gasteiger partial charge on any atom is 0.187 e. The summed E-state index contributed by atoms with van der Waals surface area (Å²) in [6, 6.07) is 17.0. The smallest absolute Gasteiger partial charge is 0.187 e. The fraction of sp³-hybridized carbons (Fsp3) is 0.448. The van der Waals surface area contributed by atoms with Gasteiger partial charge in [0.25, 0.3) is 0 Å². The molecule has 1 aromatic heterocycles. The first-order valence-electron chi connectivity index (χ1n) is 12.6. The molecule has 1 saturated carbocycles. The Morgan fingerprint density at radius 3 is 2.48 bits per heavy atom. The highest BCUT2D eigenvalue weighted by molar-refractivity contribution is 5.91. The topological polar surface area (TPSA) is 32.5 Å². The molecular weight excluding hydrogens is 404 g/mol. The van der Waals surface area contributed by atoms with Crippen LogP contribution in [0.5, 0.6) is 0 Å². The molecule has 0 radical (unpaired) electrons. The van der Waals surface area contributed by atoms with Gasteiger partial charge in [0, 0.05) is 48.5 Å². The fourth-order valence-corrected chi connectivity index (χ4v) is 6.83. The van der Waals surface area contributed by atoms with E-state index in [0.29, 0.717) is 5.92 Å². The highest BCUT2D eigenvalue weighted by Crippen LogP contribution is 2.47. The molecule has 0 bridgehead atoms. The van der Waals surface area contributed by atoms with Crippen molar-refractivity contribution in [3.05, 3.63) is 71.7 Å². The quantitative estimate of drug-likeness (QED) is 0.448. The van der Waals surface area contributed by atoms with Gasteiger partial charge in [0.1, 0.15) is 0 Å². The number of aromatic nitrogens is 1. The van der Waals surface area contributed by atoms with Crippen molar-refractivity contribution in [2.24, 2.45) is 17.8 Å². The lowest BCUT2D eigenvalue weighted by molar-refractivity contribution is 0.169. The van der Waals surface area contributed by atoms with Crippen LogP contribution in [-0.4, -0.2) is 24.6 Å². The van der Waals surface area contributed by atoms with Gasteiger partial charge in [0.15, 0.2) is 5.69 Å². The number of anilines is 2. The van der Waals surface area contributed by atoms with Gasteiger partial charge >= 0.3 is 0 Å². The molecule has 4 heteroatoms. The van der Waals surface area contributed by atoms with Gasteiger partial charge in [-0.05, 0) is 92.2 Å². The second-order valence-electron chi connectivity index (χ2n) is 10.2. The number of nitrogens with one attached hydrogen (secondary N) is 1. The highest BCUT2D eigenvalue weighted by Gasteiger charge is 2.36. The minimum absolute atomic E-state index is 0.587. The molecule has 2 aromatic carbocycles. The van der Waals surface area contributed by atoms with Crippen LogP contribution in [0.2, 0.25) is 0 Å². The number of hydrogen-bond donors (Lipinski definition) is 1. The predicted molar refractivity (Wildman–Crippen MR) is 136 cm³/mol. The summed E-state index contributed by atoms with van der Waals surface area (Å²) in [6.45, 7) is 10.7. The number of rotatable bonds is 3. The van der Waals surface area contributed by atoms with E-state index in [9.17, 15) is 0 Å². The molecule has 1 saturated heterocycles. The van der Waals surface area contributed by atoms with Crippen molar-refractivity contribution < 1.29 is 0 Å². The number of nitrogens with zero attached hydrogens (tertiary/aromatic N) is 3. The van der Waals surface area contributed by atoms with Crippen LogP contribution in [0.1, 0.15) is 50.0 Å². The first-order chi connectivity index (χ1) is 16.3. The van der Waals surface area contributed by atoms with E-state index in [1.807, 2.05) is 12.3 Å². The molecule has 33 heavy (non-hydrogen) atoms. The van der Waals surface area contributed by atoms with Crippen LogP contribution in [-0.2, 0) is 0 Å². The van der Waals surface area contributed by atoms with Crippen molar-refractivity contribution in [1.29, 1.82) is 0 Å². The summed E-state index contributed by atoms with van der Waals surface area (Å²) in [5.74, 6) is 3.11. The average molecular weight is 437 g/mol. The van der Waals surface area contributed by atoms with Crippen LogP contribution in [0, 0.1) is 24.3 Å². The van der Waals surface area contributed by atoms with Gasteiger partial charge in [-0.2, -0.15) is 0 Å². The maximum absolute atomic E-state index is 7.36. The summed E-state index contributed by atoms with van der Waals surface area (Å²) in [6.07, 6.45) is 9.95. The standard InChI is InChI=1S/C29H32N4/c1-30-23-11-12-28-25(18-23)26(19-32-28)22-9-7-20(8-10-22)21-13-16-33(17-14-21)29-6-2-5-27-24(29)4-3-15-31-27/h2-6,11-12,15,18,20-22,26,32H,7-10,13-14,16-17,19H2. The zero-order valence-corrected chi connectivity index (χ0v) is 19.2. The second kappa shape index (κ2) is 8.71. The molecule has 168 valence electrons. The predicted octanol–water partition coefficient (Wildman–Crippen LogP) is 7.02. The van der Waals surface area contributed by atoms with Crippen LogP contribution in [0.3, 0.4) is 0 Å². The molecule has 1 unspecified atom stereocenters. The minimum Gasteiger partial charge on any atom is -0.384 e. The van der Waals surface area contributed by atoms with E-state index in [0.717, 1.165) is 48.6 Å². The van der Waals surface area contributed by atoms with Crippen molar-refractivity contribution in [3.63, 3.8) is 0 Å². The zero-order valence-electron chi connectivity index (χ0n) is 19.2. The van der Waals surface area contributed by atoms with E-state index >= 15 is 0 Å². The molecule has 3 heterocycles. The van der Waals surface area contributed by atoms with Gasteiger partial charge in [-0.25, -0.2) is 4.85 Å². The Hall–Kier alpha value is -3.06. The first kappa shape index (κ1) is 20.5. The van der Waals surface area contributed by atoms with Gasteiger partial charge in [0.05, 0.1) is 12.1 Å². The average Bonchev–Trinajstić information content (AvgIpc) is 3.32. The van der Waals surface area contributed by atoms with E-state index in [4.69, 9.17) is 6.57 Å². The number of fused-ring (bicyclic) bond motifs is 2. The second-order valence-corrected chi connectivity index (χ2v) is 10.2. The third-order valence-electron chi connectivity index (χ3n) is 8.63. The van der Waals surface area contributed by atoms with Crippen LogP contribution >= 0.6 is 0 Å². The number of pyridine rings is 1. The molecule has 4 nitrogen and oxygen atoms in total. The molecule has 3 aromatic rings. The number of hydrogen-bond acceptors (Lipinski definition) is 3. The van der Waals surface area contributed by atoms with Gasteiger partial charge in [-0.15, -0.1) is 0 Å². The normalized spacial score (nSPS) is 25.4. The Balaban J connectivity index is 1.07. The van der Waals surface area contributed by atoms with Crippen LogP contribution in [0.25, 0.3) is 15.7 Å². The largest absolute Gasteiger partial charge is 0.384 e. The first-order valence-corrected chi connectivity index (χ1v) is 12.6. The Morgan fingerprint density at radius 1 is 0.879 bits per heavy atom.